The first-order chi connectivity index (χ1) is 13.6. The van der Waals surface area contributed by atoms with E-state index in [1.807, 2.05) is 50.2 Å². The minimum Gasteiger partial charge on any atom is -0.486 e. The fourth-order valence-electron chi connectivity index (χ4n) is 3.69. The second-order valence-corrected chi connectivity index (χ2v) is 7.32. The molecule has 2 aromatic carbocycles. The van der Waals surface area contributed by atoms with Gasteiger partial charge < -0.3 is 19.5 Å². The van der Waals surface area contributed by atoms with Gasteiger partial charge in [-0.3, -0.25) is 9.69 Å². The van der Waals surface area contributed by atoms with Gasteiger partial charge in [-0.2, -0.15) is 0 Å². The number of carbonyl (C=O) groups excluding carboxylic acids is 1. The molecule has 0 spiro atoms. The van der Waals surface area contributed by atoms with Gasteiger partial charge in [0, 0.05) is 24.8 Å². The molecule has 4 rings (SSSR count). The molecule has 3 unspecified atom stereocenters. The van der Waals surface area contributed by atoms with E-state index in [2.05, 4.69) is 22.3 Å². The van der Waals surface area contributed by atoms with Crippen molar-refractivity contribution in [3.8, 4) is 11.5 Å². The number of morpholine rings is 1. The van der Waals surface area contributed by atoms with Crippen LogP contribution in [0.25, 0.3) is 0 Å². The SMILES string of the molecule is CC1CN(C(C)C(=O)Nc2ccc3c(c2)OCCO3)CC(c2ccccc2)O1. The lowest BCUT2D eigenvalue weighted by Crippen LogP contribution is -2.51. The second-order valence-electron chi connectivity index (χ2n) is 7.32. The van der Waals surface area contributed by atoms with Crippen molar-refractivity contribution in [1.82, 2.24) is 4.90 Å². The van der Waals surface area contributed by atoms with Gasteiger partial charge in [-0.1, -0.05) is 30.3 Å². The minimum atomic E-state index is -0.272. The quantitative estimate of drug-likeness (QED) is 0.880. The lowest BCUT2D eigenvalue weighted by molar-refractivity contribution is -0.128. The molecule has 148 valence electrons. The average molecular weight is 382 g/mol. The highest BCUT2D eigenvalue weighted by molar-refractivity contribution is 5.94. The number of nitrogens with one attached hydrogen (secondary N) is 1. The Labute approximate surface area is 165 Å². The molecule has 0 aliphatic carbocycles. The average Bonchev–Trinajstić information content (AvgIpc) is 2.73. The summed E-state index contributed by atoms with van der Waals surface area (Å²) in [7, 11) is 0. The lowest BCUT2D eigenvalue weighted by atomic mass is 10.1. The number of fused-ring (bicyclic) bond motifs is 1. The number of nitrogens with zero attached hydrogens (tertiary/aromatic N) is 1. The van der Waals surface area contributed by atoms with Crippen LogP contribution in [0.4, 0.5) is 5.69 Å². The second kappa shape index (κ2) is 8.20. The van der Waals surface area contributed by atoms with Crippen LogP contribution in [0, 0.1) is 0 Å². The van der Waals surface area contributed by atoms with Crippen LogP contribution in [0.3, 0.4) is 0 Å². The van der Waals surface area contributed by atoms with E-state index in [1.165, 1.54) is 0 Å². The first-order valence-corrected chi connectivity index (χ1v) is 9.75. The Balaban J connectivity index is 1.43. The first-order valence-electron chi connectivity index (χ1n) is 9.75. The summed E-state index contributed by atoms with van der Waals surface area (Å²) in [6.45, 7) is 6.46. The van der Waals surface area contributed by atoms with Gasteiger partial charge in [0.25, 0.3) is 0 Å². The van der Waals surface area contributed by atoms with Crippen molar-refractivity contribution in [1.29, 1.82) is 0 Å². The number of carbonyl (C=O) groups is 1. The number of hydrogen-bond donors (Lipinski definition) is 1. The fourth-order valence-corrected chi connectivity index (χ4v) is 3.69. The third-order valence-electron chi connectivity index (χ3n) is 5.20. The zero-order valence-electron chi connectivity index (χ0n) is 16.3. The van der Waals surface area contributed by atoms with Gasteiger partial charge in [-0.15, -0.1) is 0 Å². The molecular formula is C22H26N2O4. The van der Waals surface area contributed by atoms with Crippen LogP contribution in [0.2, 0.25) is 0 Å². The van der Waals surface area contributed by atoms with Crippen molar-refractivity contribution in [3.05, 3.63) is 54.1 Å². The molecule has 2 aliphatic rings. The summed E-state index contributed by atoms with van der Waals surface area (Å²) in [6, 6.07) is 15.4. The molecule has 1 fully saturated rings. The van der Waals surface area contributed by atoms with Gasteiger partial charge in [-0.05, 0) is 31.5 Å². The molecule has 2 aromatic rings. The molecule has 0 aromatic heterocycles. The van der Waals surface area contributed by atoms with Gasteiger partial charge in [0.2, 0.25) is 5.91 Å². The first kappa shape index (κ1) is 18.8. The Morgan fingerprint density at radius 1 is 1.07 bits per heavy atom. The van der Waals surface area contributed by atoms with E-state index in [0.29, 0.717) is 36.9 Å². The maximum atomic E-state index is 12.9. The van der Waals surface area contributed by atoms with E-state index >= 15 is 0 Å². The minimum absolute atomic E-state index is 0.0329. The topological polar surface area (TPSA) is 60.0 Å². The summed E-state index contributed by atoms with van der Waals surface area (Å²) >= 11 is 0. The summed E-state index contributed by atoms with van der Waals surface area (Å²) in [4.78, 5) is 15.0. The van der Waals surface area contributed by atoms with Crippen LogP contribution in [-0.2, 0) is 9.53 Å². The molecule has 0 bridgehead atoms. The van der Waals surface area contributed by atoms with E-state index in [-0.39, 0.29) is 24.2 Å². The monoisotopic (exact) mass is 382 g/mol. The normalized spacial score (nSPS) is 23.1. The van der Waals surface area contributed by atoms with Gasteiger partial charge in [0.1, 0.15) is 13.2 Å². The van der Waals surface area contributed by atoms with Gasteiger partial charge in [0.15, 0.2) is 11.5 Å². The van der Waals surface area contributed by atoms with Crippen LogP contribution in [0.15, 0.2) is 48.5 Å². The number of rotatable bonds is 4. The molecule has 0 saturated carbocycles. The molecule has 1 amide bonds. The van der Waals surface area contributed by atoms with Crippen molar-refractivity contribution in [2.24, 2.45) is 0 Å². The van der Waals surface area contributed by atoms with Gasteiger partial charge in [-0.25, -0.2) is 0 Å². The molecule has 6 heteroatoms. The van der Waals surface area contributed by atoms with Crippen molar-refractivity contribution < 1.29 is 19.0 Å². The van der Waals surface area contributed by atoms with Crippen LogP contribution in [-0.4, -0.2) is 49.3 Å². The maximum absolute atomic E-state index is 12.9. The summed E-state index contributed by atoms with van der Waals surface area (Å²) in [5, 5.41) is 3.00. The van der Waals surface area contributed by atoms with E-state index in [0.717, 1.165) is 12.1 Å². The van der Waals surface area contributed by atoms with Crippen molar-refractivity contribution in [2.75, 3.05) is 31.6 Å². The van der Waals surface area contributed by atoms with E-state index < -0.39 is 0 Å². The molecule has 2 heterocycles. The molecule has 3 atom stereocenters. The summed E-state index contributed by atoms with van der Waals surface area (Å²) in [5.41, 5.74) is 1.85. The summed E-state index contributed by atoms with van der Waals surface area (Å²) in [6.07, 6.45) is 0.0259. The Hall–Kier alpha value is -2.57. The smallest absolute Gasteiger partial charge is 0.241 e. The number of amides is 1. The van der Waals surface area contributed by atoms with Crippen LogP contribution < -0.4 is 14.8 Å². The highest BCUT2D eigenvalue weighted by Crippen LogP contribution is 2.33. The molecule has 28 heavy (non-hydrogen) atoms. The summed E-state index contributed by atoms with van der Waals surface area (Å²) in [5.74, 6) is 1.34. The molecule has 0 radical (unpaired) electrons. The van der Waals surface area contributed by atoms with E-state index in [9.17, 15) is 4.79 Å². The Morgan fingerprint density at radius 3 is 2.61 bits per heavy atom. The van der Waals surface area contributed by atoms with Crippen molar-refractivity contribution >= 4 is 11.6 Å². The van der Waals surface area contributed by atoms with Crippen LogP contribution in [0.1, 0.15) is 25.5 Å². The molecule has 1 N–H and O–H groups in total. The molecular weight excluding hydrogens is 356 g/mol. The third kappa shape index (κ3) is 4.13. The number of hydrogen-bond acceptors (Lipinski definition) is 5. The van der Waals surface area contributed by atoms with Crippen LogP contribution in [0.5, 0.6) is 11.5 Å². The number of anilines is 1. The lowest BCUT2D eigenvalue weighted by Gasteiger charge is -2.39. The number of benzene rings is 2. The summed E-state index contributed by atoms with van der Waals surface area (Å²) < 4.78 is 17.2. The predicted octanol–water partition coefficient (Wildman–Crippen LogP) is 3.25. The number of ether oxygens (including phenoxy) is 3. The largest absolute Gasteiger partial charge is 0.486 e. The van der Waals surface area contributed by atoms with Crippen molar-refractivity contribution in [3.63, 3.8) is 0 Å². The van der Waals surface area contributed by atoms with Gasteiger partial charge in [0.05, 0.1) is 18.2 Å². The molecule has 6 nitrogen and oxygen atoms in total. The van der Waals surface area contributed by atoms with E-state index in [4.69, 9.17) is 14.2 Å². The highest BCUT2D eigenvalue weighted by atomic mass is 16.6. The third-order valence-corrected chi connectivity index (χ3v) is 5.20. The Morgan fingerprint density at radius 2 is 1.82 bits per heavy atom. The zero-order valence-corrected chi connectivity index (χ0v) is 16.3. The van der Waals surface area contributed by atoms with Crippen LogP contribution >= 0.6 is 0 Å². The fraction of sp³-hybridized carbons (Fsp3) is 0.409. The molecule has 2 aliphatic heterocycles. The Bertz CT molecular complexity index is 827. The van der Waals surface area contributed by atoms with Gasteiger partial charge >= 0.3 is 0 Å². The maximum Gasteiger partial charge on any atom is 0.241 e. The molecule has 1 saturated heterocycles. The van der Waals surface area contributed by atoms with E-state index in [1.54, 1.807) is 0 Å². The standard InChI is InChI=1S/C22H26N2O4/c1-15-13-24(14-21(28-15)17-6-4-3-5-7-17)16(2)22(25)23-18-8-9-19-20(12-18)27-11-10-26-19/h3-9,12,15-16,21H,10-11,13-14H2,1-2H3,(H,23,25). The Kier molecular flexibility index (Phi) is 5.50. The zero-order chi connectivity index (χ0) is 19.5. The van der Waals surface area contributed by atoms with Crippen molar-refractivity contribution in [2.45, 2.75) is 32.1 Å². The highest BCUT2D eigenvalue weighted by Gasteiger charge is 2.32. The predicted molar refractivity (Wildman–Crippen MR) is 107 cm³/mol.